The summed E-state index contributed by atoms with van der Waals surface area (Å²) < 4.78 is 5.19. The minimum Gasteiger partial charge on any atom is -0.497 e. The quantitative estimate of drug-likeness (QED) is 0.220. The Morgan fingerprint density at radius 2 is 1.94 bits per heavy atom. The maximum atomic E-state index is 10.7. The van der Waals surface area contributed by atoms with Gasteiger partial charge in [-0.15, -0.1) is 0 Å². The molecule has 1 aliphatic heterocycles. The Morgan fingerprint density at radius 1 is 1.08 bits per heavy atom. The number of hydrogen-bond donors (Lipinski definition) is 5. The van der Waals surface area contributed by atoms with Crippen molar-refractivity contribution in [2.45, 2.75) is 12.8 Å². The van der Waals surface area contributed by atoms with Gasteiger partial charge in [-0.25, -0.2) is 9.97 Å². The van der Waals surface area contributed by atoms with E-state index in [0.717, 1.165) is 57.0 Å². The number of aromatic nitrogens is 5. The largest absolute Gasteiger partial charge is 0.497 e. The number of anilines is 3. The van der Waals surface area contributed by atoms with Crippen molar-refractivity contribution >= 4 is 44.7 Å². The van der Waals surface area contributed by atoms with E-state index in [2.05, 4.69) is 47.9 Å². The predicted octanol–water partition coefficient (Wildman–Crippen LogP) is 4.06. The zero-order valence-electron chi connectivity index (χ0n) is 19.7. The van der Waals surface area contributed by atoms with Crippen molar-refractivity contribution in [1.82, 2.24) is 30.0 Å². The van der Waals surface area contributed by atoms with Crippen LogP contribution in [0.3, 0.4) is 0 Å². The van der Waals surface area contributed by atoms with E-state index in [1.165, 1.54) is 5.57 Å². The highest BCUT2D eigenvalue weighted by Gasteiger charge is 2.21. The fraction of sp³-hybridized carbons (Fsp3) is 0.192. The second kappa shape index (κ2) is 9.33. The molecule has 1 atom stereocenters. The van der Waals surface area contributed by atoms with Gasteiger partial charge >= 0.3 is 0 Å². The van der Waals surface area contributed by atoms with E-state index in [4.69, 9.17) is 4.74 Å². The number of ether oxygens (including phenoxy) is 1. The average molecular weight is 483 g/mol. The number of benzene rings is 2. The minimum absolute atomic E-state index is 0.622. The van der Waals surface area contributed by atoms with Gasteiger partial charge < -0.3 is 25.5 Å². The van der Waals surface area contributed by atoms with Gasteiger partial charge in [0.25, 0.3) is 0 Å². The SMILES string of the molecule is COc1ccc(NC(O)N2CC=C(c3cc4c(Nc5ccc6[nH]ncc6c5)ncnc4[nH]3)CC2)cc1. The number of hydrogen-bond acceptors (Lipinski definition) is 8. The number of rotatable bonds is 7. The molecular weight excluding hydrogens is 456 g/mol. The van der Waals surface area contributed by atoms with Crippen LogP contribution in [0.5, 0.6) is 5.75 Å². The molecule has 5 N–H and O–H groups in total. The molecule has 0 spiro atoms. The lowest BCUT2D eigenvalue weighted by Gasteiger charge is -2.31. The van der Waals surface area contributed by atoms with Crippen LogP contribution in [-0.2, 0) is 0 Å². The van der Waals surface area contributed by atoms with Crippen LogP contribution in [0.25, 0.3) is 27.5 Å². The standard InChI is InChI=1S/C26H26N8O2/c1-36-20-5-2-18(3-6-20)31-26(35)34-10-8-16(9-11-34)23-13-21-24(27-15-28-25(21)32-23)30-19-4-7-22-17(12-19)14-29-33-22/h2-8,12-15,26,31,35H,9-11H2,1H3,(H,29,33)(H2,27,28,30,32). The molecule has 3 aromatic heterocycles. The molecule has 10 nitrogen and oxygen atoms in total. The van der Waals surface area contributed by atoms with E-state index in [-0.39, 0.29) is 0 Å². The molecule has 10 heteroatoms. The van der Waals surface area contributed by atoms with Gasteiger partial charge in [0.05, 0.1) is 24.2 Å². The average Bonchev–Trinajstić information content (AvgIpc) is 3.57. The van der Waals surface area contributed by atoms with Crippen molar-refractivity contribution in [3.05, 3.63) is 72.8 Å². The van der Waals surface area contributed by atoms with Gasteiger partial charge in [-0.3, -0.25) is 10.00 Å². The second-order valence-corrected chi connectivity index (χ2v) is 8.69. The number of methoxy groups -OCH3 is 1. The van der Waals surface area contributed by atoms with E-state index in [0.29, 0.717) is 13.1 Å². The van der Waals surface area contributed by atoms with Gasteiger partial charge in [-0.05, 0) is 60.5 Å². The van der Waals surface area contributed by atoms with E-state index in [1.54, 1.807) is 19.6 Å². The third-order valence-corrected chi connectivity index (χ3v) is 6.45. The molecular formula is C26H26N8O2. The summed E-state index contributed by atoms with van der Waals surface area (Å²) >= 11 is 0. The Labute approximate surface area is 207 Å². The number of nitrogens with zero attached hydrogens (tertiary/aromatic N) is 4. The molecule has 1 aliphatic rings. The van der Waals surface area contributed by atoms with Crippen LogP contribution < -0.4 is 15.4 Å². The zero-order chi connectivity index (χ0) is 24.5. The first-order valence-corrected chi connectivity index (χ1v) is 11.7. The summed E-state index contributed by atoms with van der Waals surface area (Å²) in [7, 11) is 1.63. The highest BCUT2D eigenvalue weighted by atomic mass is 16.5. The van der Waals surface area contributed by atoms with Crippen LogP contribution in [0.2, 0.25) is 0 Å². The molecule has 5 aromatic rings. The van der Waals surface area contributed by atoms with Crippen LogP contribution in [0.15, 0.2) is 67.1 Å². The maximum Gasteiger partial charge on any atom is 0.184 e. The molecule has 182 valence electrons. The lowest BCUT2D eigenvalue weighted by Crippen LogP contribution is -2.43. The van der Waals surface area contributed by atoms with Crippen molar-refractivity contribution < 1.29 is 9.84 Å². The smallest absolute Gasteiger partial charge is 0.184 e. The van der Waals surface area contributed by atoms with Gasteiger partial charge in [-0.1, -0.05) is 6.08 Å². The number of aromatic amines is 2. The summed E-state index contributed by atoms with van der Waals surface area (Å²) in [4.78, 5) is 14.3. The molecule has 0 aliphatic carbocycles. The first kappa shape index (κ1) is 22.1. The monoisotopic (exact) mass is 482 g/mol. The van der Waals surface area contributed by atoms with Crippen molar-refractivity contribution in [2.75, 3.05) is 30.8 Å². The van der Waals surface area contributed by atoms with Gasteiger partial charge in [0.15, 0.2) is 6.35 Å². The van der Waals surface area contributed by atoms with E-state index in [1.807, 2.05) is 47.4 Å². The lowest BCUT2D eigenvalue weighted by molar-refractivity contribution is 0.0342. The molecule has 0 bridgehead atoms. The summed E-state index contributed by atoms with van der Waals surface area (Å²) in [6.45, 7) is 1.34. The van der Waals surface area contributed by atoms with E-state index < -0.39 is 6.35 Å². The highest BCUT2D eigenvalue weighted by Crippen LogP contribution is 2.30. The van der Waals surface area contributed by atoms with Gasteiger partial charge in [0.2, 0.25) is 0 Å². The molecule has 1 unspecified atom stereocenters. The van der Waals surface area contributed by atoms with Crippen molar-refractivity contribution in [2.24, 2.45) is 0 Å². The third-order valence-electron chi connectivity index (χ3n) is 6.45. The minimum atomic E-state index is -0.784. The van der Waals surface area contributed by atoms with E-state index in [9.17, 15) is 5.11 Å². The number of H-pyrrole nitrogens is 2. The molecule has 4 heterocycles. The van der Waals surface area contributed by atoms with Crippen LogP contribution in [0.4, 0.5) is 17.2 Å². The molecule has 0 saturated heterocycles. The molecule has 0 fully saturated rings. The third kappa shape index (κ3) is 4.35. The number of aliphatic hydroxyl groups excluding tert-OH is 1. The number of aliphatic hydroxyl groups is 1. The zero-order valence-corrected chi connectivity index (χ0v) is 19.7. The summed E-state index contributed by atoms with van der Waals surface area (Å²) in [6.07, 6.45) is 5.50. The Morgan fingerprint density at radius 3 is 2.75 bits per heavy atom. The van der Waals surface area contributed by atoms with Crippen LogP contribution >= 0.6 is 0 Å². The fourth-order valence-electron chi connectivity index (χ4n) is 4.45. The topological polar surface area (TPSA) is 127 Å². The maximum absolute atomic E-state index is 10.7. The molecule has 0 radical (unpaired) electrons. The Kier molecular flexibility index (Phi) is 5.72. The van der Waals surface area contributed by atoms with Gasteiger partial charge in [0, 0.05) is 35.5 Å². The van der Waals surface area contributed by atoms with Gasteiger partial charge in [0.1, 0.15) is 23.5 Å². The first-order chi connectivity index (χ1) is 17.7. The van der Waals surface area contributed by atoms with Gasteiger partial charge in [-0.2, -0.15) is 5.10 Å². The van der Waals surface area contributed by atoms with Crippen molar-refractivity contribution in [1.29, 1.82) is 0 Å². The van der Waals surface area contributed by atoms with Crippen molar-refractivity contribution in [3.63, 3.8) is 0 Å². The number of fused-ring (bicyclic) bond motifs is 2. The number of nitrogens with one attached hydrogen (secondary N) is 4. The molecule has 0 saturated carbocycles. The molecule has 0 amide bonds. The highest BCUT2D eigenvalue weighted by molar-refractivity contribution is 5.93. The fourth-order valence-corrected chi connectivity index (χ4v) is 4.45. The second-order valence-electron chi connectivity index (χ2n) is 8.69. The molecule has 6 rings (SSSR count). The molecule has 36 heavy (non-hydrogen) atoms. The predicted molar refractivity (Wildman–Crippen MR) is 140 cm³/mol. The Balaban J connectivity index is 1.16. The molecule has 2 aromatic carbocycles. The van der Waals surface area contributed by atoms with E-state index >= 15 is 0 Å². The summed E-state index contributed by atoms with van der Waals surface area (Å²) in [6, 6.07) is 15.6. The van der Waals surface area contributed by atoms with Crippen LogP contribution in [-0.4, -0.2) is 61.7 Å². The normalized spacial score (nSPS) is 15.1. The Bertz CT molecular complexity index is 1540. The summed E-state index contributed by atoms with van der Waals surface area (Å²) in [5, 5.41) is 26.2. The Hall–Kier alpha value is -4.41. The summed E-state index contributed by atoms with van der Waals surface area (Å²) in [5.74, 6) is 1.52. The van der Waals surface area contributed by atoms with Crippen LogP contribution in [0.1, 0.15) is 12.1 Å². The lowest BCUT2D eigenvalue weighted by atomic mass is 10.0. The van der Waals surface area contributed by atoms with Crippen molar-refractivity contribution in [3.8, 4) is 5.75 Å². The first-order valence-electron chi connectivity index (χ1n) is 11.7. The van der Waals surface area contributed by atoms with Crippen LogP contribution in [0, 0.1) is 0 Å². The summed E-state index contributed by atoms with van der Waals surface area (Å²) in [5.41, 5.74) is 5.72.